The van der Waals surface area contributed by atoms with Crippen molar-refractivity contribution < 1.29 is 9.50 Å². The second-order valence-electron chi connectivity index (χ2n) is 7.56. The largest absolute Gasteiger partial charge is 0.376 e. The molecule has 7 heteroatoms. The van der Waals surface area contributed by atoms with Gasteiger partial charge in [-0.15, -0.1) is 0 Å². The number of rotatable bonds is 6. The van der Waals surface area contributed by atoms with Crippen molar-refractivity contribution in [2.75, 3.05) is 18.5 Å². The summed E-state index contributed by atoms with van der Waals surface area (Å²) in [6.07, 6.45) is 3.23. The maximum Gasteiger partial charge on any atom is 0.137 e. The number of fused-ring (bicyclic) bond motifs is 3. The van der Waals surface area contributed by atoms with Crippen LogP contribution in [0.15, 0.2) is 73.3 Å². The van der Waals surface area contributed by atoms with Crippen LogP contribution in [0, 0.1) is 5.82 Å². The fourth-order valence-electron chi connectivity index (χ4n) is 4.14. The van der Waals surface area contributed by atoms with Gasteiger partial charge < -0.3 is 14.6 Å². The zero-order chi connectivity index (χ0) is 21.4. The molecular formula is C24H22FN5O. The van der Waals surface area contributed by atoms with Gasteiger partial charge in [-0.25, -0.2) is 9.37 Å². The maximum absolute atomic E-state index is 14.1. The first kappa shape index (κ1) is 19.3. The second kappa shape index (κ2) is 7.85. The molecule has 0 amide bonds. The average Bonchev–Trinajstić information content (AvgIpc) is 3.42. The number of anilines is 1. The first-order valence-corrected chi connectivity index (χ1v) is 10.1. The van der Waals surface area contributed by atoms with E-state index in [-0.39, 0.29) is 12.5 Å². The summed E-state index contributed by atoms with van der Waals surface area (Å²) in [6.45, 7) is 1.23. The maximum atomic E-state index is 14.1. The Morgan fingerprint density at radius 3 is 2.55 bits per heavy atom. The van der Waals surface area contributed by atoms with Crippen LogP contribution in [0.5, 0.6) is 0 Å². The Bertz CT molecular complexity index is 1350. The zero-order valence-electron chi connectivity index (χ0n) is 17.1. The van der Waals surface area contributed by atoms with E-state index in [1.165, 1.54) is 18.5 Å². The molecule has 31 heavy (non-hydrogen) atoms. The van der Waals surface area contributed by atoms with Gasteiger partial charge in [0.2, 0.25) is 0 Å². The normalized spacial score (nSPS) is 11.5. The number of benzene rings is 3. The summed E-state index contributed by atoms with van der Waals surface area (Å²) >= 11 is 0. The number of aliphatic hydroxyl groups excluding tert-OH is 1. The topological polar surface area (TPSA) is 59.1 Å². The standard InChI is InChI=1S/C24H22FN5O/c1-28(9-10-29-15-26-14-27-29)23-13-21-20-11-18(25)7-8-22(20)30(16-31)24(21)12-19(23)17-5-3-2-4-6-17/h2-8,11-15,31H,9-10,16H2,1H3. The van der Waals surface area contributed by atoms with Gasteiger partial charge in [-0.1, -0.05) is 30.3 Å². The van der Waals surface area contributed by atoms with Gasteiger partial charge in [-0.2, -0.15) is 5.10 Å². The van der Waals surface area contributed by atoms with E-state index in [4.69, 9.17) is 0 Å². The molecule has 0 atom stereocenters. The van der Waals surface area contributed by atoms with Crippen LogP contribution in [0.3, 0.4) is 0 Å². The van der Waals surface area contributed by atoms with E-state index in [0.29, 0.717) is 6.54 Å². The molecule has 0 unspecified atom stereocenters. The molecule has 0 spiro atoms. The molecule has 0 bridgehead atoms. The number of hydrogen-bond acceptors (Lipinski definition) is 4. The van der Waals surface area contributed by atoms with Crippen molar-refractivity contribution >= 4 is 27.5 Å². The number of aliphatic hydroxyl groups is 1. The highest BCUT2D eigenvalue weighted by molar-refractivity contribution is 6.11. The first-order chi connectivity index (χ1) is 15.2. The fourth-order valence-corrected chi connectivity index (χ4v) is 4.14. The third kappa shape index (κ3) is 3.43. The molecule has 6 nitrogen and oxygen atoms in total. The lowest BCUT2D eigenvalue weighted by atomic mass is 10.00. The van der Waals surface area contributed by atoms with Crippen molar-refractivity contribution in [3.05, 3.63) is 79.1 Å². The van der Waals surface area contributed by atoms with Crippen molar-refractivity contribution in [2.45, 2.75) is 13.3 Å². The van der Waals surface area contributed by atoms with E-state index < -0.39 is 0 Å². The summed E-state index contributed by atoms with van der Waals surface area (Å²) in [5.74, 6) is -0.294. The Hall–Kier alpha value is -3.71. The van der Waals surface area contributed by atoms with Gasteiger partial charge >= 0.3 is 0 Å². The summed E-state index contributed by atoms with van der Waals surface area (Å²) in [5, 5.41) is 15.9. The highest BCUT2D eigenvalue weighted by Gasteiger charge is 2.17. The van der Waals surface area contributed by atoms with Crippen molar-refractivity contribution in [3.63, 3.8) is 0 Å². The van der Waals surface area contributed by atoms with Crippen molar-refractivity contribution in [1.82, 2.24) is 19.3 Å². The molecule has 1 N–H and O–H groups in total. The van der Waals surface area contributed by atoms with Crippen LogP contribution in [0.25, 0.3) is 32.9 Å². The third-order valence-corrected chi connectivity index (χ3v) is 5.71. The molecule has 0 saturated heterocycles. The van der Waals surface area contributed by atoms with E-state index in [9.17, 15) is 9.50 Å². The summed E-state index contributed by atoms with van der Waals surface area (Å²) in [6, 6.07) is 19.0. The minimum Gasteiger partial charge on any atom is -0.376 e. The molecule has 2 aromatic heterocycles. The minimum atomic E-state index is -0.294. The Morgan fingerprint density at radius 1 is 1.00 bits per heavy atom. The number of hydrogen-bond donors (Lipinski definition) is 1. The molecule has 0 aliphatic rings. The lowest BCUT2D eigenvalue weighted by Crippen LogP contribution is -2.23. The molecule has 0 radical (unpaired) electrons. The Morgan fingerprint density at radius 2 is 1.81 bits per heavy atom. The van der Waals surface area contributed by atoms with E-state index in [2.05, 4.69) is 39.2 Å². The smallest absolute Gasteiger partial charge is 0.137 e. The average molecular weight is 415 g/mol. The lowest BCUT2D eigenvalue weighted by molar-refractivity contribution is 0.220. The van der Waals surface area contributed by atoms with Crippen molar-refractivity contribution in [1.29, 1.82) is 0 Å². The summed E-state index contributed by atoms with van der Waals surface area (Å²) in [5.41, 5.74) is 4.83. The van der Waals surface area contributed by atoms with E-state index in [1.807, 2.05) is 29.8 Å². The Balaban J connectivity index is 1.71. The molecule has 0 aliphatic heterocycles. The summed E-state index contributed by atoms with van der Waals surface area (Å²) in [7, 11) is 2.04. The van der Waals surface area contributed by atoms with Crippen LogP contribution in [0.4, 0.5) is 10.1 Å². The molecule has 2 heterocycles. The van der Waals surface area contributed by atoms with Crippen molar-refractivity contribution in [2.24, 2.45) is 0 Å². The van der Waals surface area contributed by atoms with E-state index in [1.54, 1.807) is 17.1 Å². The van der Waals surface area contributed by atoms with Crippen LogP contribution in [0.1, 0.15) is 0 Å². The van der Waals surface area contributed by atoms with Gasteiger partial charge in [0.25, 0.3) is 0 Å². The predicted octanol–water partition coefficient (Wildman–Crippen LogP) is 4.28. The van der Waals surface area contributed by atoms with Crippen LogP contribution in [0.2, 0.25) is 0 Å². The van der Waals surface area contributed by atoms with Gasteiger partial charge in [0.05, 0.1) is 17.6 Å². The third-order valence-electron chi connectivity index (χ3n) is 5.71. The van der Waals surface area contributed by atoms with Crippen LogP contribution in [-0.4, -0.2) is 38.0 Å². The Labute approximate surface area is 178 Å². The molecule has 0 fully saturated rings. The van der Waals surface area contributed by atoms with Crippen LogP contribution >= 0.6 is 0 Å². The van der Waals surface area contributed by atoms with Gasteiger partial charge in [0, 0.05) is 35.6 Å². The summed E-state index contributed by atoms with van der Waals surface area (Å²) < 4.78 is 17.7. The van der Waals surface area contributed by atoms with Gasteiger partial charge in [-0.3, -0.25) is 4.68 Å². The quantitative estimate of drug-likeness (QED) is 0.450. The second-order valence-corrected chi connectivity index (χ2v) is 7.56. The van der Waals surface area contributed by atoms with Crippen molar-refractivity contribution in [3.8, 4) is 11.1 Å². The molecule has 0 aliphatic carbocycles. The monoisotopic (exact) mass is 415 g/mol. The van der Waals surface area contributed by atoms with Crippen LogP contribution in [-0.2, 0) is 13.3 Å². The molecule has 156 valence electrons. The Kier molecular flexibility index (Phi) is 4.88. The van der Waals surface area contributed by atoms with Gasteiger partial charge in [-0.05, 0) is 35.9 Å². The first-order valence-electron chi connectivity index (χ1n) is 10.1. The molecule has 5 aromatic rings. The fraction of sp³-hybridized carbons (Fsp3) is 0.167. The summed E-state index contributed by atoms with van der Waals surface area (Å²) in [4.78, 5) is 6.18. The SMILES string of the molecule is CN(CCn1cncn1)c1cc2c3cc(F)ccc3n(CO)c2cc1-c1ccccc1. The van der Waals surface area contributed by atoms with Crippen LogP contribution < -0.4 is 4.90 Å². The lowest BCUT2D eigenvalue weighted by Gasteiger charge is -2.23. The number of aromatic nitrogens is 4. The highest BCUT2D eigenvalue weighted by atomic mass is 19.1. The molecule has 3 aromatic carbocycles. The van der Waals surface area contributed by atoms with Gasteiger partial charge in [0.1, 0.15) is 25.2 Å². The predicted molar refractivity (Wildman–Crippen MR) is 120 cm³/mol. The van der Waals surface area contributed by atoms with E-state index in [0.717, 1.165) is 45.2 Å². The molecule has 0 saturated carbocycles. The highest BCUT2D eigenvalue weighted by Crippen LogP contribution is 2.39. The van der Waals surface area contributed by atoms with Gasteiger partial charge in [0.15, 0.2) is 0 Å². The molecular weight excluding hydrogens is 393 g/mol. The minimum absolute atomic E-state index is 0.179. The zero-order valence-corrected chi connectivity index (χ0v) is 17.1. The number of halogens is 1. The number of nitrogens with zero attached hydrogens (tertiary/aromatic N) is 5. The number of likely N-dealkylation sites (N-methyl/N-ethyl adjacent to an activating group) is 1. The van der Waals surface area contributed by atoms with E-state index >= 15 is 0 Å². The molecule has 5 rings (SSSR count).